The number of rotatable bonds is 7. The Kier molecular flexibility index (Phi) is 7.28. The summed E-state index contributed by atoms with van der Waals surface area (Å²) >= 11 is 0. The van der Waals surface area contributed by atoms with Crippen molar-refractivity contribution in [3.05, 3.63) is 101 Å². The van der Waals surface area contributed by atoms with Gasteiger partial charge < -0.3 is 4.90 Å². The number of hydrogen-bond donors (Lipinski definition) is 0. The zero-order valence-corrected chi connectivity index (χ0v) is 18.6. The summed E-state index contributed by atoms with van der Waals surface area (Å²) < 4.78 is 13.2. The molecule has 1 saturated heterocycles. The number of pyridine rings is 1. The molecule has 0 N–H and O–H groups in total. The highest BCUT2D eigenvalue weighted by molar-refractivity contribution is 5.73. The van der Waals surface area contributed by atoms with Crippen molar-refractivity contribution in [1.82, 2.24) is 14.8 Å². The van der Waals surface area contributed by atoms with Crippen LogP contribution in [0.5, 0.6) is 0 Å². The van der Waals surface area contributed by atoms with Crippen molar-refractivity contribution in [2.45, 2.75) is 45.3 Å². The summed E-state index contributed by atoms with van der Waals surface area (Å²) in [7, 11) is 0. The van der Waals surface area contributed by atoms with Crippen LogP contribution in [0.15, 0.2) is 73.1 Å². The Morgan fingerprint density at radius 1 is 1.00 bits per heavy atom. The van der Waals surface area contributed by atoms with Gasteiger partial charge in [-0.3, -0.25) is 14.7 Å². The highest BCUT2D eigenvalue weighted by Crippen LogP contribution is 2.31. The molecule has 0 saturated carbocycles. The minimum absolute atomic E-state index is 0.0674. The molecule has 1 aromatic heterocycles. The van der Waals surface area contributed by atoms with Gasteiger partial charge in [0.05, 0.1) is 0 Å². The molecule has 0 bridgehead atoms. The van der Waals surface area contributed by atoms with Gasteiger partial charge >= 0.3 is 0 Å². The van der Waals surface area contributed by atoms with E-state index in [2.05, 4.69) is 34.1 Å². The van der Waals surface area contributed by atoms with Crippen molar-refractivity contribution >= 4 is 5.91 Å². The number of amides is 1. The number of piperidine rings is 1. The number of nitrogens with zero attached hydrogens (tertiary/aromatic N) is 3. The fraction of sp³-hybridized carbons (Fsp3) is 0.333. The third-order valence-corrected chi connectivity index (χ3v) is 6.30. The summed E-state index contributed by atoms with van der Waals surface area (Å²) in [6, 6.07) is 19.2. The lowest BCUT2D eigenvalue weighted by Crippen LogP contribution is -2.33. The first-order valence-electron chi connectivity index (χ1n) is 11.3. The van der Waals surface area contributed by atoms with Gasteiger partial charge in [-0.1, -0.05) is 42.5 Å². The van der Waals surface area contributed by atoms with Gasteiger partial charge in [-0.2, -0.15) is 0 Å². The predicted molar refractivity (Wildman–Crippen MR) is 124 cm³/mol. The van der Waals surface area contributed by atoms with E-state index in [1.54, 1.807) is 13.1 Å². The molecule has 2 aromatic carbocycles. The van der Waals surface area contributed by atoms with E-state index < -0.39 is 0 Å². The lowest BCUT2D eigenvalue weighted by atomic mass is 9.86. The third kappa shape index (κ3) is 5.80. The Hall–Kier alpha value is -3.05. The van der Waals surface area contributed by atoms with Gasteiger partial charge in [-0.05, 0) is 72.3 Å². The normalized spacial score (nSPS) is 14.9. The molecule has 32 heavy (non-hydrogen) atoms. The van der Waals surface area contributed by atoms with Crippen molar-refractivity contribution in [3.63, 3.8) is 0 Å². The molecule has 0 radical (unpaired) electrons. The number of aromatic nitrogens is 1. The van der Waals surface area contributed by atoms with E-state index >= 15 is 0 Å². The molecule has 166 valence electrons. The van der Waals surface area contributed by atoms with Crippen LogP contribution in [-0.4, -0.2) is 33.8 Å². The molecule has 0 aliphatic carbocycles. The second-order valence-electron chi connectivity index (χ2n) is 8.61. The van der Waals surface area contributed by atoms with Crippen LogP contribution < -0.4 is 0 Å². The number of carbonyl (C=O) groups is 1. The Bertz CT molecular complexity index is 1010. The highest BCUT2D eigenvalue weighted by atomic mass is 19.1. The van der Waals surface area contributed by atoms with E-state index in [-0.39, 0.29) is 11.7 Å². The molecule has 1 amide bonds. The number of likely N-dealkylation sites (tertiary alicyclic amines) is 1. The van der Waals surface area contributed by atoms with Crippen molar-refractivity contribution in [2.24, 2.45) is 0 Å². The van der Waals surface area contributed by atoms with Crippen LogP contribution in [0.3, 0.4) is 0 Å². The number of hydrogen-bond acceptors (Lipinski definition) is 3. The molecule has 0 atom stereocenters. The zero-order chi connectivity index (χ0) is 22.3. The first-order valence-corrected chi connectivity index (χ1v) is 11.3. The number of halogens is 1. The SMILES string of the molecule is CC(=O)N(Cc1cccnc1)Cc1ccccc1C1CCN(Cc2ccc(F)cc2)CC1. The Morgan fingerprint density at radius 2 is 1.75 bits per heavy atom. The topological polar surface area (TPSA) is 36.4 Å². The maximum absolute atomic E-state index is 13.2. The second-order valence-corrected chi connectivity index (χ2v) is 8.61. The van der Waals surface area contributed by atoms with Crippen LogP contribution in [-0.2, 0) is 24.4 Å². The summed E-state index contributed by atoms with van der Waals surface area (Å²) in [5.41, 5.74) is 4.77. The quantitative estimate of drug-likeness (QED) is 0.519. The first kappa shape index (κ1) is 22.2. The largest absolute Gasteiger partial charge is 0.334 e. The van der Waals surface area contributed by atoms with Crippen molar-refractivity contribution in [3.8, 4) is 0 Å². The molecule has 1 aliphatic heterocycles. The summed E-state index contributed by atoms with van der Waals surface area (Å²) in [5.74, 6) is 0.368. The predicted octanol–water partition coefficient (Wildman–Crippen LogP) is 5.15. The van der Waals surface area contributed by atoms with Gasteiger partial charge in [0.2, 0.25) is 5.91 Å². The average Bonchev–Trinajstić information content (AvgIpc) is 2.82. The Balaban J connectivity index is 1.40. The minimum Gasteiger partial charge on any atom is -0.334 e. The van der Waals surface area contributed by atoms with Gasteiger partial charge in [0.1, 0.15) is 5.82 Å². The van der Waals surface area contributed by atoms with E-state index in [1.165, 1.54) is 23.3 Å². The van der Waals surface area contributed by atoms with Gasteiger partial charge in [0.15, 0.2) is 0 Å². The Labute approximate surface area is 189 Å². The van der Waals surface area contributed by atoms with E-state index in [9.17, 15) is 9.18 Å². The van der Waals surface area contributed by atoms with Gasteiger partial charge in [-0.15, -0.1) is 0 Å². The molecular formula is C27H30FN3O. The maximum Gasteiger partial charge on any atom is 0.220 e. The molecule has 4 nitrogen and oxygen atoms in total. The molecule has 4 rings (SSSR count). The molecule has 0 unspecified atom stereocenters. The van der Waals surface area contributed by atoms with E-state index in [1.807, 2.05) is 35.4 Å². The zero-order valence-electron chi connectivity index (χ0n) is 18.6. The molecule has 3 aromatic rings. The molecule has 2 heterocycles. The van der Waals surface area contributed by atoms with Crippen LogP contribution in [0.4, 0.5) is 4.39 Å². The average molecular weight is 432 g/mol. The van der Waals surface area contributed by atoms with Crippen molar-refractivity contribution in [2.75, 3.05) is 13.1 Å². The van der Waals surface area contributed by atoms with Gasteiger partial charge in [-0.25, -0.2) is 4.39 Å². The molecular weight excluding hydrogens is 401 g/mol. The number of benzene rings is 2. The number of carbonyl (C=O) groups excluding carboxylic acids is 1. The minimum atomic E-state index is -0.188. The smallest absolute Gasteiger partial charge is 0.220 e. The summed E-state index contributed by atoms with van der Waals surface area (Å²) in [5, 5.41) is 0. The lowest BCUT2D eigenvalue weighted by molar-refractivity contribution is -0.130. The lowest BCUT2D eigenvalue weighted by Gasteiger charge is -2.33. The molecule has 5 heteroatoms. The van der Waals surface area contributed by atoms with E-state index in [0.29, 0.717) is 19.0 Å². The van der Waals surface area contributed by atoms with Crippen LogP contribution in [0.2, 0.25) is 0 Å². The van der Waals surface area contributed by atoms with Crippen LogP contribution in [0, 0.1) is 5.82 Å². The summed E-state index contributed by atoms with van der Waals surface area (Å²) in [4.78, 5) is 20.9. The van der Waals surface area contributed by atoms with Crippen molar-refractivity contribution in [1.29, 1.82) is 0 Å². The monoisotopic (exact) mass is 431 g/mol. The van der Waals surface area contributed by atoms with Gasteiger partial charge in [0, 0.05) is 39.0 Å². The van der Waals surface area contributed by atoms with Crippen molar-refractivity contribution < 1.29 is 9.18 Å². The summed E-state index contributed by atoms with van der Waals surface area (Å²) in [6.45, 7) is 5.69. The van der Waals surface area contributed by atoms with E-state index in [4.69, 9.17) is 0 Å². The highest BCUT2D eigenvalue weighted by Gasteiger charge is 2.23. The first-order chi connectivity index (χ1) is 15.6. The Morgan fingerprint density at radius 3 is 2.44 bits per heavy atom. The summed E-state index contributed by atoms with van der Waals surface area (Å²) in [6.07, 6.45) is 5.74. The molecule has 1 fully saturated rings. The maximum atomic E-state index is 13.2. The van der Waals surface area contributed by atoms with Crippen LogP contribution in [0.25, 0.3) is 0 Å². The van der Waals surface area contributed by atoms with E-state index in [0.717, 1.165) is 43.6 Å². The fourth-order valence-corrected chi connectivity index (χ4v) is 4.52. The third-order valence-electron chi connectivity index (χ3n) is 6.30. The standard InChI is InChI=1S/C27H30FN3O/c1-21(32)31(19-23-5-4-14-29-17-23)20-25-6-2-3-7-27(25)24-12-15-30(16-13-24)18-22-8-10-26(28)11-9-22/h2-11,14,17,24H,12-13,15-16,18-20H2,1H3. The molecule has 1 aliphatic rings. The second kappa shape index (κ2) is 10.5. The van der Waals surface area contributed by atoms with Gasteiger partial charge in [0.25, 0.3) is 0 Å². The molecule has 0 spiro atoms. The van der Waals surface area contributed by atoms with Crippen LogP contribution in [0.1, 0.15) is 47.9 Å². The fourth-order valence-electron chi connectivity index (χ4n) is 4.52. The van der Waals surface area contributed by atoms with Crippen LogP contribution >= 0.6 is 0 Å².